The minimum Gasteiger partial charge on any atom is -0.480 e. The molecule has 0 saturated heterocycles. The van der Waals surface area contributed by atoms with Gasteiger partial charge in [-0.25, -0.2) is 4.79 Å². The SMILES string of the molecule is N#Cc1ccc(C=CC(=O)NC(C(=O)O)C2CC2)cc1. The Morgan fingerprint density at radius 1 is 1.35 bits per heavy atom. The number of carbonyl (C=O) groups is 2. The van der Waals surface area contributed by atoms with Crippen LogP contribution in [-0.4, -0.2) is 23.0 Å². The fourth-order valence-electron chi connectivity index (χ4n) is 1.85. The van der Waals surface area contributed by atoms with Crippen LogP contribution in [0, 0.1) is 17.2 Å². The third kappa shape index (κ3) is 3.69. The van der Waals surface area contributed by atoms with E-state index in [1.807, 2.05) is 6.07 Å². The first-order chi connectivity index (χ1) is 9.60. The second-order valence-electron chi connectivity index (χ2n) is 4.73. The van der Waals surface area contributed by atoms with Gasteiger partial charge in [0.05, 0.1) is 11.6 Å². The molecule has 0 aliphatic heterocycles. The molecular formula is C15H14N2O3. The van der Waals surface area contributed by atoms with Crippen molar-refractivity contribution in [3.05, 3.63) is 41.5 Å². The van der Waals surface area contributed by atoms with Crippen molar-refractivity contribution in [3.8, 4) is 6.07 Å². The average Bonchev–Trinajstić information content (AvgIpc) is 3.27. The normalized spacial score (nSPS) is 15.6. The zero-order chi connectivity index (χ0) is 14.5. The third-order valence-corrected chi connectivity index (χ3v) is 3.12. The summed E-state index contributed by atoms with van der Waals surface area (Å²) in [4.78, 5) is 22.7. The van der Waals surface area contributed by atoms with Crippen molar-refractivity contribution >= 4 is 18.0 Å². The molecule has 0 bridgehead atoms. The minimum absolute atomic E-state index is 0.0553. The van der Waals surface area contributed by atoms with Gasteiger partial charge in [-0.3, -0.25) is 4.79 Å². The standard InChI is InChI=1S/C15H14N2O3/c16-9-11-3-1-10(2-4-11)5-8-13(18)17-14(15(19)20)12-6-7-12/h1-5,8,12,14H,6-7H2,(H,17,18)(H,19,20). The van der Waals surface area contributed by atoms with Crippen LogP contribution in [-0.2, 0) is 9.59 Å². The molecule has 1 atom stereocenters. The van der Waals surface area contributed by atoms with E-state index in [2.05, 4.69) is 5.32 Å². The first-order valence-electron chi connectivity index (χ1n) is 6.31. The van der Waals surface area contributed by atoms with Gasteiger partial charge in [0.1, 0.15) is 6.04 Å². The molecule has 0 heterocycles. The lowest BCUT2D eigenvalue weighted by molar-refractivity contribution is -0.141. The van der Waals surface area contributed by atoms with Crippen LogP contribution < -0.4 is 5.32 Å². The Hall–Kier alpha value is -2.61. The Bertz CT molecular complexity index is 580. The molecule has 1 fully saturated rings. The van der Waals surface area contributed by atoms with Gasteiger partial charge >= 0.3 is 5.97 Å². The molecule has 1 aromatic rings. The minimum atomic E-state index is -0.993. The maximum absolute atomic E-state index is 11.7. The van der Waals surface area contributed by atoms with Crippen LogP contribution in [0.25, 0.3) is 6.08 Å². The van der Waals surface area contributed by atoms with Gasteiger partial charge in [-0.05, 0) is 42.5 Å². The summed E-state index contributed by atoms with van der Waals surface area (Å²) in [6.45, 7) is 0. The molecule has 0 radical (unpaired) electrons. The van der Waals surface area contributed by atoms with Crippen molar-refractivity contribution in [1.29, 1.82) is 5.26 Å². The summed E-state index contributed by atoms with van der Waals surface area (Å²) in [5.41, 5.74) is 1.32. The summed E-state index contributed by atoms with van der Waals surface area (Å²) < 4.78 is 0. The topological polar surface area (TPSA) is 90.2 Å². The van der Waals surface area contributed by atoms with Crippen LogP contribution in [0.3, 0.4) is 0 Å². The van der Waals surface area contributed by atoms with E-state index < -0.39 is 17.9 Å². The molecule has 1 saturated carbocycles. The summed E-state index contributed by atoms with van der Waals surface area (Å²) in [6, 6.07) is 7.96. The van der Waals surface area contributed by atoms with Crippen LogP contribution in [0.2, 0.25) is 0 Å². The summed E-state index contributed by atoms with van der Waals surface area (Å²) in [5.74, 6) is -1.36. The number of carboxylic acid groups (broad SMARTS) is 1. The highest BCUT2D eigenvalue weighted by Crippen LogP contribution is 2.32. The number of nitrogens with one attached hydrogen (secondary N) is 1. The number of aliphatic carboxylic acids is 1. The highest BCUT2D eigenvalue weighted by molar-refractivity contribution is 5.94. The molecule has 2 N–H and O–H groups in total. The van der Waals surface area contributed by atoms with E-state index >= 15 is 0 Å². The van der Waals surface area contributed by atoms with Gasteiger partial charge in [-0.1, -0.05) is 12.1 Å². The van der Waals surface area contributed by atoms with Gasteiger partial charge in [0.2, 0.25) is 5.91 Å². The monoisotopic (exact) mass is 270 g/mol. The number of amides is 1. The Labute approximate surface area is 116 Å². The lowest BCUT2D eigenvalue weighted by Crippen LogP contribution is -2.41. The van der Waals surface area contributed by atoms with Gasteiger partial charge in [0.25, 0.3) is 0 Å². The lowest BCUT2D eigenvalue weighted by Gasteiger charge is -2.11. The number of nitrogens with zero attached hydrogens (tertiary/aromatic N) is 1. The predicted octanol–water partition coefficient (Wildman–Crippen LogP) is 1.55. The molecule has 1 aliphatic rings. The van der Waals surface area contributed by atoms with Crippen LogP contribution in [0.4, 0.5) is 0 Å². The molecule has 1 amide bonds. The van der Waals surface area contributed by atoms with Gasteiger partial charge in [-0.2, -0.15) is 5.26 Å². The highest BCUT2D eigenvalue weighted by atomic mass is 16.4. The van der Waals surface area contributed by atoms with Crippen molar-refractivity contribution in [3.63, 3.8) is 0 Å². The number of carboxylic acids is 1. The highest BCUT2D eigenvalue weighted by Gasteiger charge is 2.36. The van der Waals surface area contributed by atoms with Crippen molar-refractivity contribution in [2.75, 3.05) is 0 Å². The van der Waals surface area contributed by atoms with Crippen molar-refractivity contribution in [2.24, 2.45) is 5.92 Å². The molecular weight excluding hydrogens is 256 g/mol. The number of rotatable bonds is 5. The number of benzene rings is 1. The number of nitriles is 1. The summed E-state index contributed by atoms with van der Waals surface area (Å²) in [6.07, 6.45) is 4.58. The van der Waals surface area contributed by atoms with E-state index in [9.17, 15) is 9.59 Å². The Kier molecular flexibility index (Phi) is 4.16. The largest absolute Gasteiger partial charge is 0.480 e. The maximum atomic E-state index is 11.7. The van der Waals surface area contributed by atoms with E-state index in [0.717, 1.165) is 18.4 Å². The molecule has 2 rings (SSSR count). The average molecular weight is 270 g/mol. The molecule has 1 unspecified atom stereocenters. The van der Waals surface area contributed by atoms with Crippen molar-refractivity contribution in [2.45, 2.75) is 18.9 Å². The Morgan fingerprint density at radius 3 is 2.50 bits per heavy atom. The Balaban J connectivity index is 1.94. The first kappa shape index (κ1) is 13.8. The zero-order valence-electron chi connectivity index (χ0n) is 10.7. The zero-order valence-corrected chi connectivity index (χ0v) is 10.7. The van der Waals surface area contributed by atoms with Gasteiger partial charge in [-0.15, -0.1) is 0 Å². The van der Waals surface area contributed by atoms with Crippen molar-refractivity contribution in [1.82, 2.24) is 5.32 Å². The molecule has 0 aromatic heterocycles. The molecule has 5 nitrogen and oxygen atoms in total. The molecule has 20 heavy (non-hydrogen) atoms. The molecule has 1 aromatic carbocycles. The fourth-order valence-corrected chi connectivity index (χ4v) is 1.85. The molecule has 102 valence electrons. The Morgan fingerprint density at radius 2 is 2.00 bits per heavy atom. The molecule has 0 spiro atoms. The maximum Gasteiger partial charge on any atom is 0.326 e. The molecule has 1 aliphatic carbocycles. The third-order valence-electron chi connectivity index (χ3n) is 3.12. The number of hydrogen-bond donors (Lipinski definition) is 2. The fraction of sp³-hybridized carbons (Fsp3) is 0.267. The van der Waals surface area contributed by atoms with Gasteiger partial charge in [0.15, 0.2) is 0 Å². The van der Waals surface area contributed by atoms with Crippen LogP contribution in [0.1, 0.15) is 24.0 Å². The van der Waals surface area contributed by atoms with Gasteiger partial charge < -0.3 is 10.4 Å². The van der Waals surface area contributed by atoms with Gasteiger partial charge in [0, 0.05) is 6.08 Å². The molecule has 5 heteroatoms. The lowest BCUT2D eigenvalue weighted by atomic mass is 10.1. The first-order valence-corrected chi connectivity index (χ1v) is 6.31. The summed E-state index contributed by atoms with van der Waals surface area (Å²) >= 11 is 0. The predicted molar refractivity (Wildman–Crippen MR) is 72.5 cm³/mol. The number of hydrogen-bond acceptors (Lipinski definition) is 3. The van der Waals surface area contributed by atoms with Crippen LogP contribution in [0.15, 0.2) is 30.3 Å². The second kappa shape index (κ2) is 6.02. The van der Waals surface area contributed by atoms with Crippen LogP contribution in [0.5, 0.6) is 0 Å². The van der Waals surface area contributed by atoms with E-state index in [1.54, 1.807) is 30.3 Å². The van der Waals surface area contributed by atoms with E-state index in [-0.39, 0.29) is 5.92 Å². The van der Waals surface area contributed by atoms with E-state index in [4.69, 9.17) is 10.4 Å². The summed E-state index contributed by atoms with van der Waals surface area (Å²) in [7, 11) is 0. The van der Waals surface area contributed by atoms with Crippen molar-refractivity contribution < 1.29 is 14.7 Å². The second-order valence-corrected chi connectivity index (χ2v) is 4.73. The van der Waals surface area contributed by atoms with Crippen LogP contribution >= 0.6 is 0 Å². The smallest absolute Gasteiger partial charge is 0.326 e. The number of carbonyl (C=O) groups excluding carboxylic acids is 1. The van der Waals surface area contributed by atoms with E-state index in [1.165, 1.54) is 6.08 Å². The van der Waals surface area contributed by atoms with E-state index in [0.29, 0.717) is 5.56 Å². The quantitative estimate of drug-likeness (QED) is 0.794. The summed E-state index contributed by atoms with van der Waals surface area (Å²) in [5, 5.41) is 20.2.